The van der Waals surface area contributed by atoms with E-state index >= 15 is 0 Å². The molecule has 1 aliphatic carbocycles. The highest BCUT2D eigenvalue weighted by Gasteiger charge is 2.22. The quantitative estimate of drug-likeness (QED) is 0.784. The first-order valence-corrected chi connectivity index (χ1v) is 7.72. The Kier molecular flexibility index (Phi) is 5.36. The van der Waals surface area contributed by atoms with E-state index in [2.05, 4.69) is 16.8 Å². The second-order valence-corrected chi connectivity index (χ2v) is 5.82. The van der Waals surface area contributed by atoms with Gasteiger partial charge in [0.25, 0.3) is 0 Å². The van der Waals surface area contributed by atoms with E-state index in [0.29, 0.717) is 19.2 Å². The first-order valence-electron chi connectivity index (χ1n) is 6.84. The molecule has 2 N–H and O–H groups in total. The number of esters is 1. The summed E-state index contributed by atoms with van der Waals surface area (Å²) in [7, 11) is 0. The minimum Gasteiger partial charge on any atom is -0.466 e. The second-order valence-electron chi connectivity index (χ2n) is 4.82. The number of aryl methyl sites for hydroxylation is 1. The van der Waals surface area contributed by atoms with Gasteiger partial charge in [0.05, 0.1) is 19.1 Å². The average molecular weight is 283 g/mol. The Balaban J connectivity index is 1.79. The summed E-state index contributed by atoms with van der Waals surface area (Å²) < 4.78 is 4.82. The molecule has 2 rings (SSSR count). The number of nitrogens with one attached hydrogen (secondary N) is 1. The van der Waals surface area contributed by atoms with Crippen molar-refractivity contribution in [2.45, 2.75) is 44.8 Å². The fourth-order valence-corrected chi connectivity index (χ4v) is 3.45. The zero-order chi connectivity index (χ0) is 13.7. The van der Waals surface area contributed by atoms with E-state index in [1.807, 2.05) is 0 Å². The molecular formula is C14H21NO3S. The lowest BCUT2D eigenvalue weighted by Crippen LogP contribution is -2.33. The largest absolute Gasteiger partial charge is 0.466 e. The summed E-state index contributed by atoms with van der Waals surface area (Å²) in [4.78, 5) is 12.7. The maximum atomic E-state index is 11.3. The zero-order valence-electron chi connectivity index (χ0n) is 11.2. The van der Waals surface area contributed by atoms with Crippen LogP contribution in [-0.4, -0.2) is 30.3 Å². The third-order valence-electron chi connectivity index (χ3n) is 3.36. The molecule has 0 aliphatic heterocycles. The Morgan fingerprint density at radius 3 is 3.32 bits per heavy atom. The summed E-state index contributed by atoms with van der Waals surface area (Å²) in [5.74, 6) is -0.336. The highest BCUT2D eigenvalue weighted by Crippen LogP contribution is 2.33. The molecule has 0 saturated heterocycles. The van der Waals surface area contributed by atoms with Gasteiger partial charge in [0.15, 0.2) is 0 Å². The number of carbonyl (C=O) groups is 1. The number of thiophene rings is 1. The fourth-order valence-electron chi connectivity index (χ4n) is 2.46. The number of fused-ring (bicyclic) bond motifs is 1. The predicted molar refractivity (Wildman–Crippen MR) is 75.3 cm³/mol. The van der Waals surface area contributed by atoms with Crippen LogP contribution in [0.5, 0.6) is 0 Å². The molecule has 2 unspecified atom stereocenters. The van der Waals surface area contributed by atoms with Crippen LogP contribution in [-0.2, 0) is 16.0 Å². The van der Waals surface area contributed by atoms with Gasteiger partial charge in [0.2, 0.25) is 0 Å². The molecular weight excluding hydrogens is 262 g/mol. The smallest absolute Gasteiger partial charge is 0.308 e. The first-order chi connectivity index (χ1) is 9.20. The van der Waals surface area contributed by atoms with Crippen molar-refractivity contribution in [2.75, 3.05) is 13.2 Å². The van der Waals surface area contributed by atoms with Gasteiger partial charge in [0, 0.05) is 17.5 Å². The Morgan fingerprint density at radius 1 is 1.68 bits per heavy atom. The third kappa shape index (κ3) is 4.03. The van der Waals surface area contributed by atoms with Crippen molar-refractivity contribution in [1.82, 2.24) is 5.32 Å². The maximum absolute atomic E-state index is 11.3. The van der Waals surface area contributed by atoms with Crippen molar-refractivity contribution < 1.29 is 14.6 Å². The van der Waals surface area contributed by atoms with Crippen molar-refractivity contribution >= 4 is 17.3 Å². The van der Waals surface area contributed by atoms with E-state index in [0.717, 1.165) is 12.8 Å². The van der Waals surface area contributed by atoms with Crippen LogP contribution in [0.2, 0.25) is 0 Å². The van der Waals surface area contributed by atoms with Gasteiger partial charge in [-0.2, -0.15) is 0 Å². The molecule has 5 heteroatoms. The molecule has 106 valence electrons. The predicted octanol–water partition coefficient (Wildman–Crippen LogP) is 2.03. The van der Waals surface area contributed by atoms with Gasteiger partial charge in [-0.3, -0.25) is 4.79 Å². The van der Waals surface area contributed by atoms with E-state index in [-0.39, 0.29) is 12.4 Å². The molecule has 0 fully saturated rings. The molecule has 0 saturated carbocycles. The van der Waals surface area contributed by atoms with Gasteiger partial charge in [-0.1, -0.05) is 0 Å². The Hall–Kier alpha value is -0.910. The van der Waals surface area contributed by atoms with Gasteiger partial charge in [0.1, 0.15) is 0 Å². The average Bonchev–Trinajstić information content (AvgIpc) is 2.85. The third-order valence-corrected chi connectivity index (χ3v) is 4.36. The molecule has 1 aromatic rings. The van der Waals surface area contributed by atoms with Crippen molar-refractivity contribution in [1.29, 1.82) is 0 Å². The Morgan fingerprint density at radius 2 is 2.53 bits per heavy atom. The second kappa shape index (κ2) is 7.03. The van der Waals surface area contributed by atoms with Crippen LogP contribution < -0.4 is 5.32 Å². The van der Waals surface area contributed by atoms with Crippen LogP contribution in [0.15, 0.2) is 11.4 Å². The summed E-state index contributed by atoms with van der Waals surface area (Å²) in [6, 6.07) is 2.47. The minimum absolute atomic E-state index is 0.0596. The minimum atomic E-state index is -0.678. The van der Waals surface area contributed by atoms with Crippen LogP contribution in [0, 0.1) is 0 Å². The highest BCUT2D eigenvalue weighted by molar-refractivity contribution is 7.10. The number of hydrogen-bond donors (Lipinski definition) is 2. The van der Waals surface area contributed by atoms with Crippen molar-refractivity contribution in [2.24, 2.45) is 0 Å². The van der Waals surface area contributed by atoms with Crippen molar-refractivity contribution in [3.8, 4) is 0 Å². The topological polar surface area (TPSA) is 58.6 Å². The summed E-state index contributed by atoms with van der Waals surface area (Å²) >= 11 is 1.80. The van der Waals surface area contributed by atoms with Crippen LogP contribution in [0.25, 0.3) is 0 Å². The van der Waals surface area contributed by atoms with Crippen LogP contribution in [0.4, 0.5) is 0 Å². The van der Waals surface area contributed by atoms with Crippen molar-refractivity contribution in [3.63, 3.8) is 0 Å². The summed E-state index contributed by atoms with van der Waals surface area (Å²) in [6.07, 6.45) is 2.82. The van der Waals surface area contributed by atoms with Gasteiger partial charge in [-0.05, 0) is 43.2 Å². The fraction of sp³-hybridized carbons (Fsp3) is 0.643. The Labute approximate surface area is 117 Å². The maximum Gasteiger partial charge on any atom is 0.308 e. The molecule has 0 bridgehead atoms. The number of ether oxygens (including phenoxy) is 1. The van der Waals surface area contributed by atoms with E-state index in [1.165, 1.54) is 16.9 Å². The van der Waals surface area contributed by atoms with Crippen molar-refractivity contribution in [3.05, 3.63) is 21.9 Å². The number of carbonyl (C=O) groups excluding carboxylic acids is 1. The standard InChI is InChI=1S/C14H21NO3S/c1-2-18-14(17)8-10(16)9-15-12-4-3-5-13-11(12)6-7-19-13/h6-7,10,12,15-16H,2-5,8-9H2,1H3. The monoisotopic (exact) mass is 283 g/mol. The SMILES string of the molecule is CCOC(=O)CC(O)CNC1CCCc2sccc21. The molecule has 0 aromatic carbocycles. The highest BCUT2D eigenvalue weighted by atomic mass is 32.1. The number of rotatable bonds is 6. The molecule has 1 heterocycles. The van der Waals surface area contributed by atoms with Gasteiger partial charge >= 0.3 is 5.97 Å². The van der Waals surface area contributed by atoms with E-state index in [4.69, 9.17) is 4.74 Å². The molecule has 0 spiro atoms. The number of hydrogen-bond acceptors (Lipinski definition) is 5. The van der Waals surface area contributed by atoms with Gasteiger partial charge < -0.3 is 15.2 Å². The summed E-state index contributed by atoms with van der Waals surface area (Å²) in [5, 5.41) is 15.3. The lowest BCUT2D eigenvalue weighted by molar-refractivity contribution is -0.145. The number of aliphatic hydroxyl groups is 1. The van der Waals surface area contributed by atoms with E-state index in [9.17, 15) is 9.90 Å². The number of aliphatic hydroxyl groups excluding tert-OH is 1. The summed E-state index contributed by atoms with van der Waals surface area (Å²) in [6.45, 7) is 2.56. The normalized spacial score (nSPS) is 19.8. The zero-order valence-corrected chi connectivity index (χ0v) is 12.0. The lowest BCUT2D eigenvalue weighted by atomic mass is 9.94. The van der Waals surface area contributed by atoms with E-state index in [1.54, 1.807) is 18.3 Å². The van der Waals surface area contributed by atoms with Crippen LogP contribution in [0.3, 0.4) is 0 Å². The molecule has 2 atom stereocenters. The molecule has 4 nitrogen and oxygen atoms in total. The van der Waals surface area contributed by atoms with Crippen LogP contribution in [0.1, 0.15) is 42.7 Å². The molecule has 1 aliphatic rings. The first kappa shape index (κ1) is 14.5. The molecule has 19 heavy (non-hydrogen) atoms. The lowest BCUT2D eigenvalue weighted by Gasteiger charge is -2.25. The summed E-state index contributed by atoms with van der Waals surface area (Å²) in [5.41, 5.74) is 1.36. The van der Waals surface area contributed by atoms with Gasteiger partial charge in [-0.15, -0.1) is 11.3 Å². The molecule has 0 radical (unpaired) electrons. The molecule has 0 amide bonds. The molecule has 1 aromatic heterocycles. The van der Waals surface area contributed by atoms with Gasteiger partial charge in [-0.25, -0.2) is 0 Å². The van der Waals surface area contributed by atoms with Crippen LogP contribution >= 0.6 is 11.3 Å². The van der Waals surface area contributed by atoms with E-state index < -0.39 is 6.10 Å². The Bertz CT molecular complexity index is 419.